The van der Waals surface area contributed by atoms with Crippen LogP contribution in [0.5, 0.6) is 0 Å². The van der Waals surface area contributed by atoms with Crippen molar-refractivity contribution in [2.24, 2.45) is 0 Å². The van der Waals surface area contributed by atoms with Gasteiger partial charge in [0, 0.05) is 29.0 Å². The van der Waals surface area contributed by atoms with Crippen LogP contribution in [0.3, 0.4) is 0 Å². The molecule has 3 rings (SSSR count). The topological polar surface area (TPSA) is 70.7 Å². The Morgan fingerprint density at radius 2 is 2.32 bits per heavy atom. The summed E-state index contributed by atoms with van der Waals surface area (Å²) in [6, 6.07) is 7.60. The van der Waals surface area contributed by atoms with Gasteiger partial charge in [-0.1, -0.05) is 12.1 Å². The third kappa shape index (κ3) is 2.53. The van der Waals surface area contributed by atoms with E-state index < -0.39 is 0 Å². The van der Waals surface area contributed by atoms with Gasteiger partial charge in [0.15, 0.2) is 0 Å². The number of anilines is 1. The Labute approximate surface area is 113 Å². The van der Waals surface area contributed by atoms with Crippen molar-refractivity contribution in [1.82, 2.24) is 15.2 Å². The number of rotatable bonds is 3. The fourth-order valence-electron chi connectivity index (χ4n) is 1.67. The molecule has 0 bridgehead atoms. The van der Waals surface area contributed by atoms with Gasteiger partial charge in [-0.25, -0.2) is 4.98 Å². The molecule has 0 saturated carbocycles. The Kier molecular flexibility index (Phi) is 3.07. The second kappa shape index (κ2) is 5.03. The molecule has 94 valence electrons. The number of carbonyl (C=O) groups excluding carboxylic acids is 1. The molecule has 0 saturated heterocycles. The van der Waals surface area contributed by atoms with Crippen molar-refractivity contribution in [1.29, 1.82) is 0 Å². The summed E-state index contributed by atoms with van der Waals surface area (Å²) in [5.41, 5.74) is 2.22. The van der Waals surface area contributed by atoms with Crippen LogP contribution < -0.4 is 5.32 Å². The summed E-state index contributed by atoms with van der Waals surface area (Å²) in [4.78, 5) is 16.1. The molecule has 1 amide bonds. The zero-order valence-electron chi connectivity index (χ0n) is 9.83. The first-order valence-electron chi connectivity index (χ1n) is 5.63. The Balaban J connectivity index is 1.82. The molecule has 0 atom stereocenters. The second-order valence-electron chi connectivity index (χ2n) is 3.86. The van der Waals surface area contributed by atoms with Crippen molar-refractivity contribution < 1.29 is 4.79 Å². The van der Waals surface area contributed by atoms with E-state index in [9.17, 15) is 4.79 Å². The van der Waals surface area contributed by atoms with Crippen LogP contribution in [0.1, 0.15) is 10.4 Å². The minimum absolute atomic E-state index is 0.190. The number of carbonyl (C=O) groups is 1. The van der Waals surface area contributed by atoms with Crippen LogP contribution in [0, 0.1) is 0 Å². The predicted octanol–water partition coefficient (Wildman–Crippen LogP) is 2.79. The molecule has 0 aliphatic carbocycles. The van der Waals surface area contributed by atoms with Crippen molar-refractivity contribution in [2.45, 2.75) is 0 Å². The molecular weight excluding hydrogens is 260 g/mol. The van der Waals surface area contributed by atoms with Gasteiger partial charge in [0.1, 0.15) is 5.01 Å². The van der Waals surface area contributed by atoms with E-state index >= 15 is 0 Å². The number of thiazole rings is 1. The molecule has 0 aliphatic rings. The zero-order valence-corrected chi connectivity index (χ0v) is 10.6. The first-order chi connectivity index (χ1) is 9.33. The smallest absolute Gasteiger partial charge is 0.258 e. The third-order valence-corrected chi connectivity index (χ3v) is 3.38. The Morgan fingerprint density at radius 3 is 3.05 bits per heavy atom. The van der Waals surface area contributed by atoms with Crippen LogP contribution in [-0.2, 0) is 0 Å². The maximum atomic E-state index is 11.9. The number of nitrogens with one attached hydrogen (secondary N) is 2. The number of hydrogen-bond acceptors (Lipinski definition) is 4. The standard InChI is InChI=1S/C13H10N4OS/c18-12(10-7-15-16-8-10)17-11-3-1-2-9(6-11)13-14-4-5-19-13/h1-8H,(H,15,16)(H,17,18). The summed E-state index contributed by atoms with van der Waals surface area (Å²) in [5.74, 6) is -0.190. The average molecular weight is 270 g/mol. The van der Waals surface area contributed by atoms with E-state index in [2.05, 4.69) is 20.5 Å². The number of H-pyrrole nitrogens is 1. The van der Waals surface area contributed by atoms with Crippen molar-refractivity contribution >= 4 is 22.9 Å². The highest BCUT2D eigenvalue weighted by molar-refractivity contribution is 7.13. The van der Waals surface area contributed by atoms with Crippen molar-refractivity contribution in [3.8, 4) is 10.6 Å². The minimum Gasteiger partial charge on any atom is -0.322 e. The summed E-state index contributed by atoms with van der Waals surface area (Å²) in [6.45, 7) is 0. The van der Waals surface area contributed by atoms with Gasteiger partial charge >= 0.3 is 0 Å². The monoisotopic (exact) mass is 270 g/mol. The largest absolute Gasteiger partial charge is 0.322 e. The molecule has 0 radical (unpaired) electrons. The van der Waals surface area contributed by atoms with Gasteiger partial charge in [0.2, 0.25) is 0 Å². The Bertz CT molecular complexity index is 677. The highest BCUT2D eigenvalue weighted by Crippen LogP contribution is 2.24. The van der Waals surface area contributed by atoms with Crippen LogP contribution >= 0.6 is 11.3 Å². The van der Waals surface area contributed by atoms with Crippen molar-refractivity contribution in [2.75, 3.05) is 5.32 Å². The molecule has 5 nitrogen and oxygen atoms in total. The number of aromatic amines is 1. The summed E-state index contributed by atoms with van der Waals surface area (Å²) in [6.07, 6.45) is 4.80. The second-order valence-corrected chi connectivity index (χ2v) is 4.75. The van der Waals surface area contributed by atoms with Crippen molar-refractivity contribution in [3.05, 3.63) is 53.8 Å². The number of aromatic nitrogens is 3. The molecular formula is C13H10N4OS. The zero-order chi connectivity index (χ0) is 13.1. The van der Waals surface area contributed by atoms with Gasteiger partial charge in [-0.05, 0) is 12.1 Å². The lowest BCUT2D eigenvalue weighted by molar-refractivity contribution is 0.102. The van der Waals surface area contributed by atoms with E-state index in [1.165, 1.54) is 6.20 Å². The lowest BCUT2D eigenvalue weighted by atomic mass is 10.2. The molecule has 0 unspecified atom stereocenters. The van der Waals surface area contributed by atoms with E-state index in [1.807, 2.05) is 29.6 Å². The fourth-order valence-corrected chi connectivity index (χ4v) is 2.31. The van der Waals surface area contributed by atoms with Crippen LogP contribution in [0.2, 0.25) is 0 Å². The van der Waals surface area contributed by atoms with Crippen LogP contribution in [-0.4, -0.2) is 21.1 Å². The quantitative estimate of drug-likeness (QED) is 0.768. The van der Waals surface area contributed by atoms with Crippen LogP contribution in [0.25, 0.3) is 10.6 Å². The van der Waals surface area contributed by atoms with E-state index in [0.29, 0.717) is 5.56 Å². The summed E-state index contributed by atoms with van der Waals surface area (Å²) >= 11 is 1.56. The SMILES string of the molecule is O=C(Nc1cccc(-c2nccs2)c1)c1cn[nH]c1. The third-order valence-electron chi connectivity index (χ3n) is 2.56. The molecule has 0 fully saturated rings. The van der Waals surface area contributed by atoms with E-state index in [-0.39, 0.29) is 5.91 Å². The Hall–Kier alpha value is -2.47. The van der Waals surface area contributed by atoms with E-state index in [4.69, 9.17) is 0 Å². The van der Waals surface area contributed by atoms with Gasteiger partial charge in [0.25, 0.3) is 5.91 Å². The van der Waals surface area contributed by atoms with E-state index in [0.717, 1.165) is 16.3 Å². The van der Waals surface area contributed by atoms with Gasteiger partial charge in [-0.3, -0.25) is 9.89 Å². The highest BCUT2D eigenvalue weighted by Gasteiger charge is 2.08. The fraction of sp³-hybridized carbons (Fsp3) is 0. The van der Waals surface area contributed by atoms with Crippen LogP contribution in [0.4, 0.5) is 5.69 Å². The first-order valence-corrected chi connectivity index (χ1v) is 6.51. The molecule has 2 N–H and O–H groups in total. The molecule has 6 heteroatoms. The number of amides is 1. The number of benzene rings is 1. The molecule has 0 aliphatic heterocycles. The molecule has 0 spiro atoms. The summed E-state index contributed by atoms with van der Waals surface area (Å²) in [5, 5.41) is 12.0. The van der Waals surface area contributed by atoms with E-state index in [1.54, 1.807) is 23.7 Å². The maximum Gasteiger partial charge on any atom is 0.258 e. The maximum absolute atomic E-state index is 11.9. The highest BCUT2D eigenvalue weighted by atomic mass is 32.1. The van der Waals surface area contributed by atoms with Gasteiger partial charge in [-0.2, -0.15) is 5.10 Å². The molecule has 1 aromatic carbocycles. The average Bonchev–Trinajstić information content (AvgIpc) is 3.13. The number of hydrogen-bond donors (Lipinski definition) is 2. The summed E-state index contributed by atoms with van der Waals surface area (Å²) in [7, 11) is 0. The minimum atomic E-state index is -0.190. The molecule has 3 aromatic rings. The molecule has 2 aromatic heterocycles. The summed E-state index contributed by atoms with van der Waals surface area (Å²) < 4.78 is 0. The molecule has 2 heterocycles. The van der Waals surface area contributed by atoms with Gasteiger partial charge in [0.05, 0.1) is 11.8 Å². The lowest BCUT2D eigenvalue weighted by Gasteiger charge is -2.05. The number of nitrogens with zero attached hydrogens (tertiary/aromatic N) is 2. The first kappa shape index (κ1) is 11.6. The van der Waals surface area contributed by atoms with Gasteiger partial charge < -0.3 is 5.32 Å². The molecule has 19 heavy (non-hydrogen) atoms. The van der Waals surface area contributed by atoms with Crippen molar-refractivity contribution in [3.63, 3.8) is 0 Å². The normalized spacial score (nSPS) is 10.3. The van der Waals surface area contributed by atoms with Crippen LogP contribution in [0.15, 0.2) is 48.2 Å². The Morgan fingerprint density at radius 1 is 1.37 bits per heavy atom. The lowest BCUT2D eigenvalue weighted by Crippen LogP contribution is -2.10. The predicted molar refractivity (Wildman–Crippen MR) is 74.1 cm³/mol. The van der Waals surface area contributed by atoms with Gasteiger partial charge in [-0.15, -0.1) is 11.3 Å².